The van der Waals surface area contributed by atoms with Crippen LogP contribution in [0.15, 0.2) is 54.2 Å². The Morgan fingerprint density at radius 1 is 1.09 bits per heavy atom. The van der Waals surface area contributed by atoms with Crippen molar-refractivity contribution >= 4 is 27.5 Å². The molecule has 2 unspecified atom stereocenters. The number of pyridine rings is 1. The van der Waals surface area contributed by atoms with E-state index in [2.05, 4.69) is 25.6 Å². The first-order chi connectivity index (χ1) is 15.6. The van der Waals surface area contributed by atoms with Crippen LogP contribution in [0.1, 0.15) is 36.0 Å². The van der Waals surface area contributed by atoms with Crippen LogP contribution in [0.3, 0.4) is 0 Å². The number of nitrogens with one attached hydrogen (secondary N) is 2. The zero-order valence-corrected chi connectivity index (χ0v) is 18.9. The SMILES string of the molecule is COc1ccc(CNC(O)c2nc(NC(C)c3cccnc3)nc3ccsc23)cc1OC. The summed E-state index contributed by atoms with van der Waals surface area (Å²) in [5.41, 5.74) is 3.29. The van der Waals surface area contributed by atoms with Crippen LogP contribution in [0, 0.1) is 0 Å². The number of benzene rings is 1. The Hall–Kier alpha value is -3.27. The molecule has 0 fully saturated rings. The van der Waals surface area contributed by atoms with Gasteiger partial charge < -0.3 is 19.9 Å². The molecule has 8 nitrogen and oxygen atoms in total. The van der Waals surface area contributed by atoms with Crippen molar-refractivity contribution in [3.05, 3.63) is 71.0 Å². The molecule has 0 aliphatic rings. The Kier molecular flexibility index (Phi) is 6.79. The van der Waals surface area contributed by atoms with E-state index in [-0.39, 0.29) is 6.04 Å². The smallest absolute Gasteiger partial charge is 0.224 e. The highest BCUT2D eigenvalue weighted by molar-refractivity contribution is 7.17. The van der Waals surface area contributed by atoms with E-state index in [1.807, 2.05) is 48.7 Å². The molecule has 0 spiro atoms. The summed E-state index contributed by atoms with van der Waals surface area (Å²) in [7, 11) is 3.20. The maximum absolute atomic E-state index is 10.9. The van der Waals surface area contributed by atoms with Crippen molar-refractivity contribution < 1.29 is 14.6 Å². The Bertz CT molecular complexity index is 1180. The molecule has 0 amide bonds. The first kappa shape index (κ1) is 21.9. The number of thiophene rings is 1. The van der Waals surface area contributed by atoms with Crippen LogP contribution in [0.25, 0.3) is 10.2 Å². The molecule has 9 heteroatoms. The summed E-state index contributed by atoms with van der Waals surface area (Å²) < 4.78 is 11.5. The standard InChI is InChI=1S/C23H25N5O3S/c1-14(16-5-4-9-24-13-16)26-23-27-17-8-10-32-21(17)20(28-23)22(29)25-12-15-6-7-18(30-2)19(11-15)31-3/h4-11,13-14,22,25,29H,12H2,1-3H3,(H,26,27,28). The van der Waals surface area contributed by atoms with E-state index in [4.69, 9.17) is 9.47 Å². The van der Waals surface area contributed by atoms with Crippen molar-refractivity contribution in [3.8, 4) is 11.5 Å². The summed E-state index contributed by atoms with van der Waals surface area (Å²) in [6.45, 7) is 2.44. The Labute approximate surface area is 190 Å². The van der Waals surface area contributed by atoms with Crippen molar-refractivity contribution in [1.82, 2.24) is 20.3 Å². The second kappa shape index (κ2) is 9.90. The van der Waals surface area contributed by atoms with Crippen molar-refractivity contribution in [1.29, 1.82) is 0 Å². The summed E-state index contributed by atoms with van der Waals surface area (Å²) in [6.07, 6.45) is 2.57. The minimum Gasteiger partial charge on any atom is -0.493 e. The molecule has 0 saturated heterocycles. The third-order valence-corrected chi connectivity index (χ3v) is 5.99. The number of nitrogens with zero attached hydrogens (tertiary/aromatic N) is 3. The van der Waals surface area contributed by atoms with Crippen LogP contribution in [0.5, 0.6) is 11.5 Å². The summed E-state index contributed by atoms with van der Waals surface area (Å²) in [5.74, 6) is 1.75. The molecule has 0 bridgehead atoms. The maximum Gasteiger partial charge on any atom is 0.224 e. The molecular formula is C23H25N5O3S. The van der Waals surface area contributed by atoms with Crippen molar-refractivity contribution in [2.75, 3.05) is 19.5 Å². The fourth-order valence-corrected chi connectivity index (χ4v) is 4.19. The van der Waals surface area contributed by atoms with E-state index < -0.39 is 6.23 Å². The average molecular weight is 452 g/mol. The van der Waals surface area contributed by atoms with Crippen molar-refractivity contribution in [3.63, 3.8) is 0 Å². The van der Waals surface area contributed by atoms with Gasteiger partial charge >= 0.3 is 0 Å². The van der Waals surface area contributed by atoms with Gasteiger partial charge in [0.2, 0.25) is 5.95 Å². The van der Waals surface area contributed by atoms with Gasteiger partial charge in [0.25, 0.3) is 0 Å². The van der Waals surface area contributed by atoms with Crippen LogP contribution >= 0.6 is 11.3 Å². The zero-order chi connectivity index (χ0) is 22.5. The molecule has 4 aromatic rings. The molecule has 32 heavy (non-hydrogen) atoms. The Morgan fingerprint density at radius 2 is 1.94 bits per heavy atom. The van der Waals surface area contributed by atoms with E-state index in [9.17, 15) is 5.11 Å². The van der Waals surface area contributed by atoms with Crippen LogP contribution in [-0.4, -0.2) is 34.3 Å². The van der Waals surface area contributed by atoms with Crippen molar-refractivity contribution in [2.24, 2.45) is 0 Å². The fraction of sp³-hybridized carbons (Fsp3) is 0.261. The van der Waals surface area contributed by atoms with Gasteiger partial charge in [0.15, 0.2) is 11.5 Å². The molecule has 0 radical (unpaired) electrons. The number of aromatic nitrogens is 3. The monoisotopic (exact) mass is 451 g/mol. The number of anilines is 1. The lowest BCUT2D eigenvalue weighted by Gasteiger charge is -2.17. The van der Waals surface area contributed by atoms with E-state index in [0.717, 1.165) is 21.3 Å². The predicted molar refractivity (Wildman–Crippen MR) is 125 cm³/mol. The Morgan fingerprint density at radius 3 is 2.69 bits per heavy atom. The molecule has 166 valence electrons. The van der Waals surface area contributed by atoms with Gasteiger partial charge in [-0.25, -0.2) is 9.97 Å². The largest absolute Gasteiger partial charge is 0.493 e. The third-order valence-electron chi connectivity index (χ3n) is 5.07. The number of hydrogen-bond acceptors (Lipinski definition) is 9. The van der Waals surface area contributed by atoms with Gasteiger partial charge in [0.1, 0.15) is 11.9 Å². The number of rotatable bonds is 9. The maximum atomic E-state index is 10.9. The normalized spacial score (nSPS) is 13.0. The number of methoxy groups -OCH3 is 2. The topological polar surface area (TPSA) is 101 Å². The van der Waals surface area contributed by atoms with Gasteiger partial charge in [-0.05, 0) is 47.7 Å². The number of hydrogen-bond donors (Lipinski definition) is 3. The molecular weight excluding hydrogens is 426 g/mol. The number of aliphatic hydroxyl groups excluding tert-OH is 1. The second-order valence-electron chi connectivity index (χ2n) is 7.19. The van der Waals surface area contributed by atoms with Gasteiger partial charge in [-0.15, -0.1) is 11.3 Å². The average Bonchev–Trinajstić information content (AvgIpc) is 3.31. The molecule has 1 aromatic carbocycles. The van der Waals surface area contributed by atoms with Crippen LogP contribution < -0.4 is 20.1 Å². The van der Waals surface area contributed by atoms with Gasteiger partial charge in [-0.1, -0.05) is 12.1 Å². The van der Waals surface area contributed by atoms with E-state index in [1.165, 1.54) is 11.3 Å². The summed E-state index contributed by atoms with van der Waals surface area (Å²) in [6, 6.07) is 11.4. The van der Waals surface area contributed by atoms with Gasteiger partial charge in [0, 0.05) is 18.9 Å². The molecule has 0 aliphatic carbocycles. The van der Waals surface area contributed by atoms with Crippen LogP contribution in [0.4, 0.5) is 5.95 Å². The first-order valence-electron chi connectivity index (χ1n) is 10.1. The summed E-state index contributed by atoms with van der Waals surface area (Å²) in [5, 5.41) is 19.3. The molecule has 0 saturated carbocycles. The minimum absolute atomic E-state index is 0.0375. The molecule has 0 aliphatic heterocycles. The predicted octanol–water partition coefficient (Wildman–Crippen LogP) is 4.06. The first-order valence-corrected chi connectivity index (χ1v) is 11.0. The number of aliphatic hydroxyl groups is 1. The van der Waals surface area contributed by atoms with E-state index >= 15 is 0 Å². The molecule has 3 N–H and O–H groups in total. The van der Waals surface area contributed by atoms with Crippen molar-refractivity contribution in [2.45, 2.75) is 25.7 Å². The lowest BCUT2D eigenvalue weighted by atomic mass is 10.1. The highest BCUT2D eigenvalue weighted by Gasteiger charge is 2.18. The van der Waals surface area contributed by atoms with Gasteiger partial charge in [-0.3, -0.25) is 10.3 Å². The highest BCUT2D eigenvalue weighted by Crippen LogP contribution is 2.30. The summed E-state index contributed by atoms with van der Waals surface area (Å²) in [4.78, 5) is 13.4. The van der Waals surface area contributed by atoms with Gasteiger partial charge in [0.05, 0.1) is 30.5 Å². The minimum atomic E-state index is -0.971. The highest BCUT2D eigenvalue weighted by atomic mass is 32.1. The van der Waals surface area contributed by atoms with Crippen LogP contribution in [0.2, 0.25) is 0 Å². The van der Waals surface area contributed by atoms with Gasteiger partial charge in [-0.2, -0.15) is 0 Å². The molecule has 3 aromatic heterocycles. The lowest BCUT2D eigenvalue weighted by Crippen LogP contribution is -2.22. The molecule has 4 rings (SSSR count). The number of ether oxygens (including phenoxy) is 2. The molecule has 2 atom stereocenters. The van der Waals surface area contributed by atoms with Crippen LogP contribution in [-0.2, 0) is 6.54 Å². The zero-order valence-electron chi connectivity index (χ0n) is 18.1. The number of fused-ring (bicyclic) bond motifs is 1. The Balaban J connectivity index is 1.53. The summed E-state index contributed by atoms with van der Waals surface area (Å²) >= 11 is 1.50. The van der Waals surface area contributed by atoms with E-state index in [0.29, 0.717) is 29.7 Å². The van der Waals surface area contributed by atoms with E-state index in [1.54, 1.807) is 26.6 Å². The lowest BCUT2D eigenvalue weighted by molar-refractivity contribution is 0.134. The quantitative estimate of drug-likeness (QED) is 0.328. The third kappa shape index (κ3) is 4.80. The second-order valence-corrected chi connectivity index (χ2v) is 8.11. The molecule has 3 heterocycles. The fourth-order valence-electron chi connectivity index (χ4n) is 3.35.